The van der Waals surface area contributed by atoms with Crippen molar-refractivity contribution in [1.29, 1.82) is 0 Å². The van der Waals surface area contributed by atoms with Gasteiger partial charge in [0.05, 0.1) is 11.7 Å². The van der Waals surface area contributed by atoms with Crippen LogP contribution in [0.1, 0.15) is 12.5 Å². The molecule has 3 rings (SSSR count). The molecule has 0 bridgehead atoms. The Kier molecular flexibility index (Phi) is 8.14. The molecule has 0 aromatic heterocycles. The van der Waals surface area contributed by atoms with Crippen molar-refractivity contribution < 1.29 is 63.3 Å². The van der Waals surface area contributed by atoms with Gasteiger partial charge in [-0.1, -0.05) is 30.3 Å². The number of esters is 1. The Morgan fingerprint density at radius 1 is 1.21 bits per heavy atom. The number of rotatable bonds is 6. The van der Waals surface area contributed by atoms with Crippen molar-refractivity contribution >= 4 is 35.7 Å². The summed E-state index contributed by atoms with van der Waals surface area (Å²) in [6.45, 7) is 1.01. The number of carboxylic acid groups (broad SMARTS) is 1. The third kappa shape index (κ3) is 5.33. The number of benzene rings is 1. The maximum absolute atomic E-state index is 12.4. The van der Waals surface area contributed by atoms with Gasteiger partial charge in [-0.3, -0.25) is 14.5 Å². The van der Waals surface area contributed by atoms with E-state index in [-0.39, 0.29) is 59.8 Å². The molecular formula is C18H17N2NaO7S. The topological polar surface area (TPSA) is 125 Å². The maximum atomic E-state index is 12.4. The van der Waals surface area contributed by atoms with Crippen molar-refractivity contribution in [3.8, 4) is 0 Å². The van der Waals surface area contributed by atoms with E-state index in [1.165, 1.54) is 18.7 Å². The van der Waals surface area contributed by atoms with Crippen LogP contribution >= 0.6 is 11.8 Å². The minimum atomic E-state index is -1.54. The van der Waals surface area contributed by atoms with Gasteiger partial charge >= 0.3 is 41.6 Å². The smallest absolute Gasteiger partial charge is 0.543 e. The van der Waals surface area contributed by atoms with Crippen LogP contribution in [0.5, 0.6) is 0 Å². The summed E-state index contributed by atoms with van der Waals surface area (Å²) >= 11 is 1.26. The average molecular weight is 428 g/mol. The summed E-state index contributed by atoms with van der Waals surface area (Å²) in [4.78, 5) is 47.9. The molecule has 1 aromatic carbocycles. The van der Waals surface area contributed by atoms with Crippen LogP contribution in [0.2, 0.25) is 0 Å². The first-order chi connectivity index (χ1) is 13.4. The maximum Gasteiger partial charge on any atom is 1.00 e. The predicted octanol–water partition coefficient (Wildman–Crippen LogP) is -3.23. The van der Waals surface area contributed by atoms with Gasteiger partial charge in [0.15, 0.2) is 0 Å². The molecule has 2 aliphatic rings. The molecule has 1 aromatic rings. The first-order valence-electron chi connectivity index (χ1n) is 8.37. The summed E-state index contributed by atoms with van der Waals surface area (Å²) in [5.74, 6) is -2.46. The molecule has 0 spiro atoms. The van der Waals surface area contributed by atoms with Gasteiger partial charge in [0, 0.05) is 18.2 Å². The summed E-state index contributed by atoms with van der Waals surface area (Å²) in [6, 6.07) is 8.14. The summed E-state index contributed by atoms with van der Waals surface area (Å²) in [5.41, 5.74) is 0.754. The van der Waals surface area contributed by atoms with Crippen LogP contribution in [0.4, 0.5) is 4.79 Å². The van der Waals surface area contributed by atoms with Gasteiger partial charge < -0.3 is 24.7 Å². The molecule has 0 aliphatic carbocycles. The second kappa shape index (κ2) is 10.1. The number of fused-ring (bicyclic) bond motifs is 1. The van der Waals surface area contributed by atoms with Crippen LogP contribution in [0.25, 0.3) is 0 Å². The van der Waals surface area contributed by atoms with E-state index in [0.29, 0.717) is 0 Å². The normalized spacial score (nSPS) is 20.0. The number of carbonyl (C=O) groups is 4. The first-order valence-corrected chi connectivity index (χ1v) is 9.42. The molecular weight excluding hydrogens is 411 g/mol. The van der Waals surface area contributed by atoms with Crippen molar-refractivity contribution in [2.75, 3.05) is 12.4 Å². The van der Waals surface area contributed by atoms with E-state index in [2.05, 4.69) is 5.32 Å². The number of thioether (sulfide) groups is 1. The Hall–Kier alpha value is -2.01. The Morgan fingerprint density at radius 2 is 1.90 bits per heavy atom. The third-order valence-electron chi connectivity index (χ3n) is 4.18. The van der Waals surface area contributed by atoms with Gasteiger partial charge in [-0.05, 0) is 5.56 Å². The van der Waals surface area contributed by atoms with Crippen molar-refractivity contribution in [2.45, 2.75) is 24.9 Å². The standard InChI is InChI=1S/C18H18N2O7S.Na/c1-10(21)26-8-12-9-28-16-13(15(22)20(16)14(12)17(23)24)19-18(25)27-7-11-5-3-2-4-6-11;/h2-6,13,16H,7-9H2,1H3,(H,19,25)(H,23,24);/q;+1/p-1/t13?,16-;/m1./s1. The second-order valence-corrected chi connectivity index (χ2v) is 7.22. The minimum Gasteiger partial charge on any atom is -0.543 e. The van der Waals surface area contributed by atoms with Crippen LogP contribution in [0.3, 0.4) is 0 Å². The number of nitrogens with one attached hydrogen (secondary N) is 1. The third-order valence-corrected chi connectivity index (χ3v) is 5.52. The number of carboxylic acids is 1. The second-order valence-electron chi connectivity index (χ2n) is 6.11. The van der Waals surface area contributed by atoms with Crippen LogP contribution in [0.15, 0.2) is 41.6 Å². The summed E-state index contributed by atoms with van der Waals surface area (Å²) in [7, 11) is 0. The quantitative estimate of drug-likeness (QED) is 0.285. The minimum absolute atomic E-state index is 0. The summed E-state index contributed by atoms with van der Waals surface area (Å²) < 4.78 is 9.94. The Bertz CT molecular complexity index is 846. The Morgan fingerprint density at radius 3 is 2.52 bits per heavy atom. The van der Waals surface area contributed by atoms with E-state index in [0.717, 1.165) is 10.5 Å². The number of nitrogens with zero attached hydrogens (tertiary/aromatic N) is 1. The molecule has 2 amide bonds. The Balaban J connectivity index is 0.00000300. The molecule has 29 heavy (non-hydrogen) atoms. The zero-order chi connectivity index (χ0) is 20.3. The molecule has 1 N–H and O–H groups in total. The molecule has 1 saturated heterocycles. The molecule has 0 saturated carbocycles. The molecule has 11 heteroatoms. The van der Waals surface area contributed by atoms with Crippen molar-refractivity contribution in [1.82, 2.24) is 10.2 Å². The zero-order valence-electron chi connectivity index (χ0n) is 15.9. The van der Waals surface area contributed by atoms with E-state index >= 15 is 0 Å². The number of hydrogen-bond donors (Lipinski definition) is 1. The number of ether oxygens (including phenoxy) is 2. The van der Waals surface area contributed by atoms with Crippen LogP contribution in [-0.4, -0.2) is 52.6 Å². The number of amides is 2. The first kappa shape index (κ1) is 23.3. The van der Waals surface area contributed by atoms with Crippen molar-refractivity contribution in [2.24, 2.45) is 0 Å². The van der Waals surface area contributed by atoms with Crippen LogP contribution in [0, 0.1) is 0 Å². The fourth-order valence-electron chi connectivity index (χ4n) is 2.86. The van der Waals surface area contributed by atoms with Crippen LogP contribution < -0.4 is 40.0 Å². The molecule has 148 valence electrons. The van der Waals surface area contributed by atoms with Crippen molar-refractivity contribution in [3.05, 3.63) is 47.2 Å². The molecule has 1 unspecified atom stereocenters. The van der Waals surface area contributed by atoms with Crippen molar-refractivity contribution in [3.63, 3.8) is 0 Å². The Labute approximate surface area is 193 Å². The van der Waals surface area contributed by atoms with E-state index in [1.54, 1.807) is 12.1 Å². The number of β-lactam (4-membered cyclic amide) rings is 1. The van der Waals surface area contributed by atoms with Gasteiger partial charge in [-0.25, -0.2) is 4.79 Å². The van der Waals surface area contributed by atoms with Gasteiger partial charge in [0.25, 0.3) is 5.91 Å². The molecule has 1 fully saturated rings. The van der Waals surface area contributed by atoms with Gasteiger partial charge in [-0.2, -0.15) is 0 Å². The molecule has 2 atom stereocenters. The monoisotopic (exact) mass is 428 g/mol. The zero-order valence-corrected chi connectivity index (χ0v) is 18.7. The number of carbonyl (C=O) groups excluding carboxylic acids is 4. The molecule has 0 radical (unpaired) electrons. The van der Waals surface area contributed by atoms with E-state index in [9.17, 15) is 24.3 Å². The van der Waals surface area contributed by atoms with E-state index < -0.39 is 35.4 Å². The number of hydrogen-bond acceptors (Lipinski definition) is 8. The fraction of sp³-hybridized carbons (Fsp3) is 0.333. The van der Waals surface area contributed by atoms with Crippen LogP contribution in [-0.2, 0) is 30.5 Å². The average Bonchev–Trinajstić information content (AvgIpc) is 2.68. The van der Waals surface area contributed by atoms with Gasteiger partial charge in [0.2, 0.25) is 0 Å². The summed E-state index contributed by atoms with van der Waals surface area (Å²) in [6.07, 6.45) is -0.771. The van der Waals surface area contributed by atoms with E-state index in [1.807, 2.05) is 18.2 Å². The fourth-order valence-corrected chi connectivity index (χ4v) is 4.19. The van der Waals surface area contributed by atoms with Gasteiger partial charge in [0.1, 0.15) is 24.6 Å². The summed E-state index contributed by atoms with van der Waals surface area (Å²) in [5, 5.41) is 13.4. The molecule has 2 heterocycles. The van der Waals surface area contributed by atoms with Gasteiger partial charge in [-0.15, -0.1) is 11.8 Å². The molecule has 9 nitrogen and oxygen atoms in total. The number of aliphatic carboxylic acids is 1. The molecule has 2 aliphatic heterocycles. The SMILES string of the molecule is CC(=O)OCC1=C(C(=O)[O-])N2C(=O)C(NC(=O)OCc3ccccc3)[C@H]2SC1.[Na+]. The number of alkyl carbamates (subject to hydrolysis) is 1. The van der Waals surface area contributed by atoms with E-state index in [4.69, 9.17) is 9.47 Å². The largest absolute Gasteiger partial charge is 1.00 e. The predicted molar refractivity (Wildman–Crippen MR) is 95.3 cm³/mol.